The molecule has 0 aromatic heterocycles. The first-order valence-electron chi connectivity index (χ1n) is 4.48. The number of carboxylic acids is 1. The average molecular weight is 247 g/mol. The molecule has 92 valence electrons. The van der Waals surface area contributed by atoms with Crippen LogP contribution in [-0.4, -0.2) is 23.2 Å². The van der Waals surface area contributed by atoms with Crippen molar-refractivity contribution >= 4 is 17.6 Å². The summed E-state index contributed by atoms with van der Waals surface area (Å²) in [4.78, 5) is 21.4. The van der Waals surface area contributed by atoms with Crippen LogP contribution in [0.2, 0.25) is 0 Å². The minimum atomic E-state index is -4.56. The van der Waals surface area contributed by atoms with Crippen LogP contribution < -0.4 is 5.32 Å². The van der Waals surface area contributed by atoms with E-state index in [1.54, 1.807) is 0 Å². The van der Waals surface area contributed by atoms with Gasteiger partial charge in [-0.2, -0.15) is 13.2 Å². The highest BCUT2D eigenvalue weighted by atomic mass is 19.4. The first-order valence-corrected chi connectivity index (χ1v) is 4.48. The van der Waals surface area contributed by atoms with Gasteiger partial charge in [0.1, 0.15) is 6.42 Å². The van der Waals surface area contributed by atoms with Crippen LogP contribution >= 0.6 is 0 Å². The highest BCUT2D eigenvalue weighted by molar-refractivity contribution is 5.92. The van der Waals surface area contributed by atoms with Crippen molar-refractivity contribution in [3.63, 3.8) is 0 Å². The lowest BCUT2D eigenvalue weighted by Gasteiger charge is -2.07. The van der Waals surface area contributed by atoms with E-state index >= 15 is 0 Å². The zero-order valence-electron chi connectivity index (χ0n) is 8.41. The number of benzene rings is 1. The standard InChI is InChI=1S/C10H8F3NO3/c11-10(12,13)5-8(15)14-7-3-1-6(2-4-7)9(16)17/h1-4H,5H2,(H,14,15)(H,16,17). The second kappa shape index (κ2) is 4.86. The molecule has 2 N–H and O–H groups in total. The molecule has 0 spiro atoms. The van der Waals surface area contributed by atoms with Gasteiger partial charge < -0.3 is 10.4 Å². The quantitative estimate of drug-likeness (QED) is 0.861. The predicted octanol–water partition coefficient (Wildman–Crippen LogP) is 2.28. The van der Waals surface area contributed by atoms with Crippen LogP contribution in [0.5, 0.6) is 0 Å². The lowest BCUT2D eigenvalue weighted by molar-refractivity contribution is -0.150. The molecule has 0 radical (unpaired) electrons. The number of hydrogen-bond donors (Lipinski definition) is 2. The van der Waals surface area contributed by atoms with Crippen LogP contribution in [0, 0.1) is 0 Å². The first-order chi connectivity index (χ1) is 7.78. The van der Waals surface area contributed by atoms with Crippen LogP contribution in [0.25, 0.3) is 0 Å². The number of anilines is 1. The highest BCUT2D eigenvalue weighted by Gasteiger charge is 2.31. The molecule has 0 aliphatic carbocycles. The molecule has 17 heavy (non-hydrogen) atoms. The highest BCUT2D eigenvalue weighted by Crippen LogP contribution is 2.20. The number of amides is 1. The number of carboxylic acid groups (broad SMARTS) is 1. The Morgan fingerprint density at radius 1 is 1.18 bits per heavy atom. The molecule has 7 heteroatoms. The third-order valence-electron chi connectivity index (χ3n) is 1.78. The Labute approximate surface area is 94.1 Å². The van der Waals surface area contributed by atoms with E-state index in [9.17, 15) is 22.8 Å². The zero-order valence-corrected chi connectivity index (χ0v) is 8.41. The van der Waals surface area contributed by atoms with E-state index in [2.05, 4.69) is 0 Å². The van der Waals surface area contributed by atoms with Crippen molar-refractivity contribution in [2.45, 2.75) is 12.6 Å². The molecule has 0 unspecified atom stereocenters. The minimum Gasteiger partial charge on any atom is -0.478 e. The number of carbonyl (C=O) groups excluding carboxylic acids is 1. The molecule has 0 bridgehead atoms. The summed E-state index contributed by atoms with van der Waals surface area (Å²) in [5.41, 5.74) is 0.100. The molecule has 0 fully saturated rings. The molecule has 0 saturated carbocycles. The third kappa shape index (κ3) is 4.54. The van der Waals surface area contributed by atoms with Gasteiger partial charge in [0, 0.05) is 5.69 Å². The van der Waals surface area contributed by atoms with Gasteiger partial charge in [0.2, 0.25) is 5.91 Å². The molecular formula is C10H8F3NO3. The van der Waals surface area contributed by atoms with Gasteiger partial charge in [-0.1, -0.05) is 0 Å². The van der Waals surface area contributed by atoms with Crippen molar-refractivity contribution < 1.29 is 27.9 Å². The van der Waals surface area contributed by atoms with Crippen LogP contribution in [0.4, 0.5) is 18.9 Å². The van der Waals surface area contributed by atoms with Gasteiger partial charge in [0.15, 0.2) is 0 Å². The summed E-state index contributed by atoms with van der Waals surface area (Å²) in [7, 11) is 0. The average Bonchev–Trinajstić information content (AvgIpc) is 2.15. The zero-order chi connectivity index (χ0) is 13.1. The summed E-state index contributed by atoms with van der Waals surface area (Å²) >= 11 is 0. The molecule has 1 rings (SSSR count). The van der Waals surface area contributed by atoms with Crippen molar-refractivity contribution in [2.75, 3.05) is 5.32 Å². The maximum atomic E-state index is 11.8. The van der Waals surface area contributed by atoms with E-state index in [0.29, 0.717) is 0 Å². The molecule has 0 atom stereocenters. The minimum absolute atomic E-state index is 0.0150. The Kier molecular flexibility index (Phi) is 3.72. The van der Waals surface area contributed by atoms with E-state index in [0.717, 1.165) is 0 Å². The molecule has 4 nitrogen and oxygen atoms in total. The van der Waals surface area contributed by atoms with Gasteiger partial charge in [0.05, 0.1) is 5.56 Å². The molecule has 1 amide bonds. The van der Waals surface area contributed by atoms with Gasteiger partial charge in [0.25, 0.3) is 0 Å². The molecule has 0 aliphatic heterocycles. The number of hydrogen-bond acceptors (Lipinski definition) is 2. The smallest absolute Gasteiger partial charge is 0.397 e. The SMILES string of the molecule is O=C(CC(F)(F)F)Nc1ccc(C(=O)O)cc1. The molecule has 1 aromatic rings. The summed E-state index contributed by atoms with van der Waals surface area (Å²) in [6.07, 6.45) is -6.14. The normalized spacial score (nSPS) is 11.0. The van der Waals surface area contributed by atoms with Crippen molar-refractivity contribution in [2.24, 2.45) is 0 Å². The Balaban J connectivity index is 2.64. The molecule has 0 heterocycles. The van der Waals surface area contributed by atoms with Crippen LogP contribution in [0.15, 0.2) is 24.3 Å². The molecule has 0 aliphatic rings. The number of rotatable bonds is 3. The van der Waals surface area contributed by atoms with Crippen LogP contribution in [0.1, 0.15) is 16.8 Å². The largest absolute Gasteiger partial charge is 0.478 e. The number of carbonyl (C=O) groups is 2. The summed E-state index contributed by atoms with van der Waals surface area (Å²) < 4.78 is 35.5. The van der Waals surface area contributed by atoms with Gasteiger partial charge in [-0.15, -0.1) is 0 Å². The Morgan fingerprint density at radius 3 is 2.12 bits per heavy atom. The van der Waals surface area contributed by atoms with Gasteiger partial charge in [-0.3, -0.25) is 4.79 Å². The van der Waals surface area contributed by atoms with E-state index in [4.69, 9.17) is 5.11 Å². The summed E-state index contributed by atoms with van der Waals surface area (Å²) in [5.74, 6) is -2.35. The molecule has 0 saturated heterocycles. The maximum Gasteiger partial charge on any atom is 0.397 e. The fraction of sp³-hybridized carbons (Fsp3) is 0.200. The van der Waals surface area contributed by atoms with Crippen molar-refractivity contribution in [3.8, 4) is 0 Å². The van der Waals surface area contributed by atoms with Gasteiger partial charge >= 0.3 is 12.1 Å². The molecular weight excluding hydrogens is 239 g/mol. The van der Waals surface area contributed by atoms with E-state index in [1.165, 1.54) is 24.3 Å². The van der Waals surface area contributed by atoms with Crippen molar-refractivity contribution in [1.29, 1.82) is 0 Å². The third-order valence-corrected chi connectivity index (χ3v) is 1.78. The Bertz CT molecular complexity index is 425. The van der Waals surface area contributed by atoms with E-state index in [1.807, 2.05) is 5.32 Å². The lowest BCUT2D eigenvalue weighted by atomic mass is 10.2. The second-order valence-corrected chi connectivity index (χ2v) is 3.22. The summed E-state index contributed by atoms with van der Waals surface area (Å²) in [6.45, 7) is 0. The fourth-order valence-electron chi connectivity index (χ4n) is 1.08. The van der Waals surface area contributed by atoms with Crippen LogP contribution in [0.3, 0.4) is 0 Å². The van der Waals surface area contributed by atoms with Crippen molar-refractivity contribution in [3.05, 3.63) is 29.8 Å². The lowest BCUT2D eigenvalue weighted by Crippen LogP contribution is -2.21. The fourth-order valence-corrected chi connectivity index (χ4v) is 1.08. The second-order valence-electron chi connectivity index (χ2n) is 3.22. The van der Waals surface area contributed by atoms with E-state index < -0.39 is 24.5 Å². The van der Waals surface area contributed by atoms with Crippen molar-refractivity contribution in [1.82, 2.24) is 0 Å². The van der Waals surface area contributed by atoms with Gasteiger partial charge in [-0.25, -0.2) is 4.79 Å². The number of alkyl halides is 3. The Morgan fingerprint density at radius 2 is 1.71 bits per heavy atom. The Hall–Kier alpha value is -2.05. The topological polar surface area (TPSA) is 66.4 Å². The summed E-state index contributed by atoms with van der Waals surface area (Å²) in [5, 5.41) is 10.6. The van der Waals surface area contributed by atoms with Crippen LogP contribution in [-0.2, 0) is 4.79 Å². The van der Waals surface area contributed by atoms with Gasteiger partial charge in [-0.05, 0) is 24.3 Å². The molecule has 1 aromatic carbocycles. The number of halogens is 3. The number of nitrogens with one attached hydrogen (secondary N) is 1. The monoisotopic (exact) mass is 247 g/mol. The first kappa shape index (κ1) is 13.0. The van der Waals surface area contributed by atoms with E-state index in [-0.39, 0.29) is 11.3 Å². The maximum absolute atomic E-state index is 11.8. The number of aromatic carboxylic acids is 1. The predicted molar refractivity (Wildman–Crippen MR) is 52.7 cm³/mol. The summed E-state index contributed by atoms with van der Waals surface area (Å²) in [6, 6.07) is 4.81.